The Balaban J connectivity index is 1.77. The third kappa shape index (κ3) is 3.01. The lowest BCUT2D eigenvalue weighted by atomic mass is 10.1. The number of fused-ring (bicyclic) bond motifs is 1. The van der Waals surface area contributed by atoms with Crippen molar-refractivity contribution < 1.29 is 23.5 Å². The highest BCUT2D eigenvalue weighted by Gasteiger charge is 2.17. The second-order valence-electron chi connectivity index (χ2n) is 5.28. The maximum absolute atomic E-state index is 12.4. The van der Waals surface area contributed by atoms with Crippen molar-refractivity contribution in [2.24, 2.45) is 0 Å². The number of methoxy groups -OCH3 is 1. The molecule has 0 radical (unpaired) electrons. The maximum atomic E-state index is 12.4. The number of benzene rings is 2. The van der Waals surface area contributed by atoms with Crippen LogP contribution in [0.25, 0.3) is 10.8 Å². The minimum absolute atomic E-state index is 0.0557. The maximum Gasteiger partial charge on any atom is 0.341 e. The quantitative estimate of drug-likeness (QED) is 0.681. The molecule has 1 heterocycles. The van der Waals surface area contributed by atoms with Crippen molar-refractivity contribution in [3.8, 4) is 0 Å². The molecule has 0 aliphatic heterocycles. The predicted molar refractivity (Wildman–Crippen MR) is 87.9 cm³/mol. The Morgan fingerprint density at radius 1 is 1.00 bits per heavy atom. The molecule has 0 atom stereocenters. The van der Waals surface area contributed by atoms with Crippen molar-refractivity contribution in [1.29, 1.82) is 0 Å². The van der Waals surface area contributed by atoms with Gasteiger partial charge in [-0.05, 0) is 29.8 Å². The summed E-state index contributed by atoms with van der Waals surface area (Å²) >= 11 is 0. The van der Waals surface area contributed by atoms with Gasteiger partial charge in [-0.3, -0.25) is 0 Å². The highest BCUT2D eigenvalue weighted by atomic mass is 16.5. The Morgan fingerprint density at radius 3 is 2.54 bits per heavy atom. The Hall–Kier alpha value is -3.08. The second kappa shape index (κ2) is 6.58. The van der Waals surface area contributed by atoms with Crippen LogP contribution in [0.2, 0.25) is 0 Å². The van der Waals surface area contributed by atoms with E-state index in [9.17, 15) is 9.59 Å². The Kier molecular flexibility index (Phi) is 4.33. The highest BCUT2D eigenvalue weighted by molar-refractivity contribution is 6.04. The van der Waals surface area contributed by atoms with Crippen LogP contribution in [0.1, 0.15) is 32.2 Å². The number of hydrogen-bond acceptors (Lipinski definition) is 5. The molecular formula is C19H16O5. The minimum atomic E-state index is -0.483. The molecule has 2 aromatic carbocycles. The molecule has 0 aliphatic rings. The standard InChI is InChI=1S/C19H16O5/c1-12-17(18(20)22-2)10-14(24-12)11-23-19(21)16-9-5-7-13-6-3-4-8-15(13)16/h3-10H,11H2,1-2H3. The number of ether oxygens (including phenoxy) is 2. The zero-order valence-corrected chi connectivity index (χ0v) is 13.4. The molecule has 0 amide bonds. The molecule has 1 aromatic heterocycles. The van der Waals surface area contributed by atoms with E-state index in [0.717, 1.165) is 10.8 Å². The molecule has 5 nitrogen and oxygen atoms in total. The van der Waals surface area contributed by atoms with Gasteiger partial charge in [0, 0.05) is 0 Å². The van der Waals surface area contributed by atoms with Crippen molar-refractivity contribution in [2.45, 2.75) is 13.5 Å². The van der Waals surface area contributed by atoms with Gasteiger partial charge in [0.1, 0.15) is 23.7 Å². The van der Waals surface area contributed by atoms with Crippen molar-refractivity contribution in [3.63, 3.8) is 0 Å². The summed E-state index contributed by atoms with van der Waals surface area (Å²) in [6.07, 6.45) is 0. The molecule has 3 aromatic rings. The molecule has 0 bridgehead atoms. The van der Waals surface area contributed by atoms with Gasteiger partial charge >= 0.3 is 11.9 Å². The fourth-order valence-electron chi connectivity index (χ4n) is 2.55. The molecule has 24 heavy (non-hydrogen) atoms. The normalized spacial score (nSPS) is 10.6. The number of hydrogen-bond donors (Lipinski definition) is 0. The number of rotatable bonds is 4. The lowest BCUT2D eigenvalue weighted by molar-refractivity contribution is 0.0446. The predicted octanol–water partition coefficient (Wildman–Crippen LogP) is 3.88. The number of furan rings is 1. The summed E-state index contributed by atoms with van der Waals surface area (Å²) in [6.45, 7) is 1.60. The van der Waals surface area contributed by atoms with E-state index < -0.39 is 11.9 Å². The van der Waals surface area contributed by atoms with E-state index in [-0.39, 0.29) is 6.61 Å². The van der Waals surface area contributed by atoms with Crippen LogP contribution in [0.5, 0.6) is 0 Å². The molecule has 0 saturated heterocycles. The first-order chi connectivity index (χ1) is 11.6. The smallest absolute Gasteiger partial charge is 0.341 e. The molecule has 0 saturated carbocycles. The van der Waals surface area contributed by atoms with Gasteiger partial charge in [0.15, 0.2) is 0 Å². The number of aryl methyl sites for hydroxylation is 1. The van der Waals surface area contributed by atoms with Crippen molar-refractivity contribution >= 4 is 22.7 Å². The molecule has 0 fully saturated rings. The van der Waals surface area contributed by atoms with Crippen LogP contribution in [0.3, 0.4) is 0 Å². The van der Waals surface area contributed by atoms with E-state index in [1.807, 2.05) is 36.4 Å². The second-order valence-corrected chi connectivity index (χ2v) is 5.28. The molecule has 0 N–H and O–H groups in total. The number of esters is 2. The van der Waals surface area contributed by atoms with Crippen LogP contribution in [-0.4, -0.2) is 19.0 Å². The van der Waals surface area contributed by atoms with Gasteiger partial charge in [0.05, 0.1) is 12.7 Å². The Labute approximate surface area is 138 Å². The summed E-state index contributed by atoms with van der Waals surface area (Å²) in [5, 5.41) is 1.80. The zero-order valence-electron chi connectivity index (χ0n) is 13.4. The van der Waals surface area contributed by atoms with E-state index in [0.29, 0.717) is 22.6 Å². The molecule has 0 unspecified atom stereocenters. The fraction of sp³-hybridized carbons (Fsp3) is 0.158. The number of carbonyl (C=O) groups excluding carboxylic acids is 2. The third-order valence-corrected chi connectivity index (χ3v) is 3.73. The van der Waals surface area contributed by atoms with E-state index in [1.165, 1.54) is 13.2 Å². The summed E-state index contributed by atoms with van der Waals surface area (Å²) in [5.74, 6) is -0.108. The molecule has 0 aliphatic carbocycles. The van der Waals surface area contributed by atoms with Crippen LogP contribution >= 0.6 is 0 Å². The van der Waals surface area contributed by atoms with Gasteiger partial charge in [0.25, 0.3) is 0 Å². The van der Waals surface area contributed by atoms with Gasteiger partial charge < -0.3 is 13.9 Å². The van der Waals surface area contributed by atoms with Crippen LogP contribution in [0.15, 0.2) is 52.9 Å². The van der Waals surface area contributed by atoms with Crippen LogP contribution < -0.4 is 0 Å². The lowest BCUT2D eigenvalue weighted by Gasteiger charge is -2.06. The molecule has 3 rings (SSSR count). The average Bonchev–Trinajstić information content (AvgIpc) is 2.99. The Morgan fingerprint density at radius 2 is 1.75 bits per heavy atom. The van der Waals surface area contributed by atoms with E-state index in [4.69, 9.17) is 9.15 Å². The van der Waals surface area contributed by atoms with Crippen LogP contribution in [-0.2, 0) is 16.1 Å². The number of carbonyl (C=O) groups is 2. The minimum Gasteiger partial charge on any atom is -0.465 e. The monoisotopic (exact) mass is 324 g/mol. The van der Waals surface area contributed by atoms with Gasteiger partial charge in [-0.25, -0.2) is 9.59 Å². The van der Waals surface area contributed by atoms with Crippen molar-refractivity contribution in [1.82, 2.24) is 0 Å². The summed E-state index contributed by atoms with van der Waals surface area (Å²) in [6, 6.07) is 14.6. The van der Waals surface area contributed by atoms with Gasteiger partial charge in [-0.1, -0.05) is 36.4 Å². The largest absolute Gasteiger partial charge is 0.465 e. The fourth-order valence-corrected chi connectivity index (χ4v) is 2.55. The average molecular weight is 324 g/mol. The lowest BCUT2D eigenvalue weighted by Crippen LogP contribution is -2.05. The van der Waals surface area contributed by atoms with Crippen molar-refractivity contribution in [3.05, 3.63) is 71.2 Å². The summed E-state index contributed by atoms with van der Waals surface area (Å²) < 4.78 is 15.4. The summed E-state index contributed by atoms with van der Waals surface area (Å²) in [5.41, 5.74) is 0.818. The summed E-state index contributed by atoms with van der Waals surface area (Å²) in [4.78, 5) is 23.9. The van der Waals surface area contributed by atoms with Gasteiger partial charge in [0.2, 0.25) is 0 Å². The van der Waals surface area contributed by atoms with E-state index >= 15 is 0 Å². The van der Waals surface area contributed by atoms with Crippen LogP contribution in [0, 0.1) is 6.92 Å². The van der Waals surface area contributed by atoms with E-state index in [1.54, 1.807) is 13.0 Å². The highest BCUT2D eigenvalue weighted by Crippen LogP contribution is 2.21. The molecule has 0 spiro atoms. The first kappa shape index (κ1) is 15.8. The topological polar surface area (TPSA) is 65.7 Å². The summed E-state index contributed by atoms with van der Waals surface area (Å²) in [7, 11) is 1.30. The molecule has 5 heteroatoms. The Bertz CT molecular complexity index is 902. The molecular weight excluding hydrogens is 308 g/mol. The molecule has 122 valence electrons. The SMILES string of the molecule is COC(=O)c1cc(COC(=O)c2cccc3ccccc23)oc1C. The first-order valence-electron chi connectivity index (χ1n) is 7.42. The van der Waals surface area contributed by atoms with Gasteiger partial charge in [-0.15, -0.1) is 0 Å². The zero-order chi connectivity index (χ0) is 17.1. The first-order valence-corrected chi connectivity index (χ1v) is 7.42. The van der Waals surface area contributed by atoms with E-state index in [2.05, 4.69) is 4.74 Å². The van der Waals surface area contributed by atoms with Crippen LogP contribution in [0.4, 0.5) is 0 Å². The third-order valence-electron chi connectivity index (χ3n) is 3.73. The van der Waals surface area contributed by atoms with Gasteiger partial charge in [-0.2, -0.15) is 0 Å². The van der Waals surface area contributed by atoms with Crippen molar-refractivity contribution in [2.75, 3.05) is 7.11 Å².